The van der Waals surface area contributed by atoms with Gasteiger partial charge in [-0.25, -0.2) is 0 Å². The number of nitrogens with one attached hydrogen (secondary N) is 2. The van der Waals surface area contributed by atoms with Crippen LogP contribution in [0.4, 0.5) is 0 Å². The number of carbonyl (C=O) groups is 2. The van der Waals surface area contributed by atoms with Gasteiger partial charge in [0.2, 0.25) is 11.8 Å². The molecule has 1 rings (SSSR count). The van der Waals surface area contributed by atoms with Gasteiger partial charge in [-0.15, -0.1) is 0 Å². The first-order chi connectivity index (χ1) is 8.88. The molecule has 5 nitrogen and oxygen atoms in total. The van der Waals surface area contributed by atoms with Crippen LogP contribution in [0.2, 0.25) is 10.0 Å². The van der Waals surface area contributed by atoms with E-state index in [0.29, 0.717) is 15.6 Å². The lowest BCUT2D eigenvalue weighted by Gasteiger charge is -2.13. The summed E-state index contributed by atoms with van der Waals surface area (Å²) >= 11 is 11.6. The maximum absolute atomic E-state index is 11.3. The van der Waals surface area contributed by atoms with Crippen molar-refractivity contribution in [3.63, 3.8) is 0 Å². The van der Waals surface area contributed by atoms with Crippen molar-refractivity contribution < 1.29 is 14.7 Å². The van der Waals surface area contributed by atoms with E-state index in [1.54, 1.807) is 18.2 Å². The van der Waals surface area contributed by atoms with E-state index >= 15 is 0 Å². The quantitative estimate of drug-likeness (QED) is 0.767. The normalized spacial score (nSPS) is 11.8. The van der Waals surface area contributed by atoms with E-state index < -0.39 is 6.10 Å². The Hall–Kier alpha value is -1.30. The Bertz CT molecular complexity index is 460. The summed E-state index contributed by atoms with van der Waals surface area (Å²) in [6.07, 6.45) is -0.919. The second kappa shape index (κ2) is 7.33. The van der Waals surface area contributed by atoms with Gasteiger partial charge >= 0.3 is 0 Å². The van der Waals surface area contributed by atoms with E-state index in [1.165, 1.54) is 6.92 Å². The Morgan fingerprint density at radius 1 is 1.21 bits per heavy atom. The first-order valence-electron chi connectivity index (χ1n) is 5.53. The number of hydrogen-bond donors (Lipinski definition) is 3. The summed E-state index contributed by atoms with van der Waals surface area (Å²) < 4.78 is 0. The summed E-state index contributed by atoms with van der Waals surface area (Å²) in [6.45, 7) is 1.20. The molecule has 0 saturated heterocycles. The highest BCUT2D eigenvalue weighted by molar-refractivity contribution is 6.34. The van der Waals surface area contributed by atoms with E-state index in [4.69, 9.17) is 23.2 Å². The molecule has 3 N–H and O–H groups in total. The molecule has 2 amide bonds. The topological polar surface area (TPSA) is 78.4 Å². The van der Waals surface area contributed by atoms with Gasteiger partial charge in [-0.1, -0.05) is 23.2 Å². The maximum atomic E-state index is 11.3. The van der Waals surface area contributed by atoms with Gasteiger partial charge in [0.15, 0.2) is 0 Å². The Morgan fingerprint density at radius 2 is 1.79 bits per heavy atom. The summed E-state index contributed by atoms with van der Waals surface area (Å²) in [5.41, 5.74) is 0.511. The SMILES string of the molecule is CC(=O)NCC(=O)NCC(O)c1cc(Cl)cc(Cl)c1. The summed E-state index contributed by atoms with van der Waals surface area (Å²) in [4.78, 5) is 21.9. The third-order valence-electron chi connectivity index (χ3n) is 2.26. The van der Waals surface area contributed by atoms with Crippen LogP contribution < -0.4 is 10.6 Å². The van der Waals surface area contributed by atoms with Crippen LogP contribution in [-0.2, 0) is 9.59 Å². The fourth-order valence-corrected chi connectivity index (χ4v) is 1.91. The van der Waals surface area contributed by atoms with Gasteiger partial charge in [0.25, 0.3) is 0 Å². The van der Waals surface area contributed by atoms with Crippen LogP contribution in [0.3, 0.4) is 0 Å². The molecule has 1 atom stereocenters. The number of amides is 2. The molecule has 1 aromatic rings. The van der Waals surface area contributed by atoms with Crippen LogP contribution in [0.25, 0.3) is 0 Å². The van der Waals surface area contributed by atoms with Gasteiger partial charge in [-0.05, 0) is 23.8 Å². The van der Waals surface area contributed by atoms with E-state index in [9.17, 15) is 14.7 Å². The largest absolute Gasteiger partial charge is 0.387 e. The van der Waals surface area contributed by atoms with Gasteiger partial charge in [-0.2, -0.15) is 0 Å². The molecule has 19 heavy (non-hydrogen) atoms. The fraction of sp³-hybridized carbons (Fsp3) is 0.333. The highest BCUT2D eigenvalue weighted by atomic mass is 35.5. The van der Waals surface area contributed by atoms with Crippen molar-refractivity contribution in [1.29, 1.82) is 0 Å². The number of hydrogen-bond acceptors (Lipinski definition) is 3. The first kappa shape index (κ1) is 15.8. The highest BCUT2D eigenvalue weighted by Crippen LogP contribution is 2.23. The van der Waals surface area contributed by atoms with Crippen LogP contribution in [0.5, 0.6) is 0 Å². The second-order valence-corrected chi connectivity index (χ2v) is 4.81. The predicted octanol–water partition coefficient (Wildman–Crippen LogP) is 1.28. The van der Waals surface area contributed by atoms with Crippen molar-refractivity contribution in [3.8, 4) is 0 Å². The average molecular weight is 305 g/mol. The van der Waals surface area contributed by atoms with Crippen molar-refractivity contribution in [2.24, 2.45) is 0 Å². The number of rotatable bonds is 5. The van der Waals surface area contributed by atoms with Crippen molar-refractivity contribution in [3.05, 3.63) is 33.8 Å². The molecule has 1 aromatic carbocycles. The van der Waals surface area contributed by atoms with Crippen LogP contribution in [0.15, 0.2) is 18.2 Å². The molecule has 104 valence electrons. The molecule has 0 aliphatic heterocycles. The Morgan fingerprint density at radius 3 is 2.32 bits per heavy atom. The molecule has 0 radical (unpaired) electrons. The number of halogens is 2. The molecule has 0 bridgehead atoms. The van der Waals surface area contributed by atoms with Gasteiger partial charge in [0.05, 0.1) is 12.6 Å². The zero-order chi connectivity index (χ0) is 14.4. The molecule has 0 saturated carbocycles. The lowest BCUT2D eigenvalue weighted by molar-refractivity contribution is -0.125. The van der Waals surface area contributed by atoms with Crippen LogP contribution in [-0.4, -0.2) is 30.0 Å². The van der Waals surface area contributed by atoms with Gasteiger partial charge < -0.3 is 15.7 Å². The minimum atomic E-state index is -0.919. The molecule has 0 aliphatic rings. The molecule has 7 heteroatoms. The van der Waals surface area contributed by atoms with E-state index in [1.807, 2.05) is 0 Å². The van der Waals surface area contributed by atoms with Crippen LogP contribution >= 0.6 is 23.2 Å². The third kappa shape index (κ3) is 5.92. The summed E-state index contributed by atoms with van der Waals surface area (Å²) in [7, 11) is 0. The molecule has 0 heterocycles. The minimum Gasteiger partial charge on any atom is -0.387 e. The van der Waals surface area contributed by atoms with Crippen LogP contribution in [0, 0.1) is 0 Å². The predicted molar refractivity (Wildman–Crippen MR) is 73.1 cm³/mol. The molecule has 1 unspecified atom stereocenters. The molecule has 0 spiro atoms. The number of carbonyl (C=O) groups excluding carboxylic acids is 2. The molecular weight excluding hydrogens is 291 g/mol. The standard InChI is InChI=1S/C12H14Cl2N2O3/c1-7(17)15-6-12(19)16-5-11(18)8-2-9(13)4-10(14)3-8/h2-4,11,18H,5-6H2,1H3,(H,15,17)(H,16,19). The first-order valence-corrected chi connectivity index (χ1v) is 6.29. The number of aliphatic hydroxyl groups excluding tert-OH is 1. The molecular formula is C12H14Cl2N2O3. The summed E-state index contributed by atoms with van der Waals surface area (Å²) in [5, 5.41) is 15.5. The zero-order valence-electron chi connectivity index (χ0n) is 10.2. The number of benzene rings is 1. The average Bonchev–Trinajstić information content (AvgIpc) is 2.32. The van der Waals surface area contributed by atoms with Gasteiger partial charge in [0, 0.05) is 23.5 Å². The third-order valence-corrected chi connectivity index (χ3v) is 2.70. The lowest BCUT2D eigenvalue weighted by Crippen LogP contribution is -2.37. The summed E-state index contributed by atoms with van der Waals surface area (Å²) in [5.74, 6) is -0.681. The molecule has 0 aliphatic carbocycles. The number of aliphatic hydroxyl groups is 1. The minimum absolute atomic E-state index is 0.00902. The van der Waals surface area contributed by atoms with E-state index in [2.05, 4.69) is 10.6 Å². The van der Waals surface area contributed by atoms with E-state index in [0.717, 1.165) is 0 Å². The van der Waals surface area contributed by atoms with Gasteiger partial charge in [0.1, 0.15) is 0 Å². The van der Waals surface area contributed by atoms with Crippen molar-refractivity contribution in [2.75, 3.05) is 13.1 Å². The second-order valence-electron chi connectivity index (χ2n) is 3.93. The fourth-order valence-electron chi connectivity index (χ4n) is 1.36. The van der Waals surface area contributed by atoms with E-state index in [-0.39, 0.29) is 24.9 Å². The van der Waals surface area contributed by atoms with Crippen molar-refractivity contribution in [2.45, 2.75) is 13.0 Å². The monoisotopic (exact) mass is 304 g/mol. The van der Waals surface area contributed by atoms with Crippen molar-refractivity contribution in [1.82, 2.24) is 10.6 Å². The highest BCUT2D eigenvalue weighted by Gasteiger charge is 2.11. The summed E-state index contributed by atoms with van der Waals surface area (Å²) in [6, 6.07) is 4.69. The maximum Gasteiger partial charge on any atom is 0.239 e. The Kier molecular flexibility index (Phi) is 6.08. The lowest BCUT2D eigenvalue weighted by atomic mass is 10.1. The van der Waals surface area contributed by atoms with Gasteiger partial charge in [-0.3, -0.25) is 9.59 Å². The smallest absolute Gasteiger partial charge is 0.239 e. The Balaban J connectivity index is 2.48. The Labute approximate surface area is 120 Å². The zero-order valence-corrected chi connectivity index (χ0v) is 11.8. The molecule has 0 aromatic heterocycles. The van der Waals surface area contributed by atoms with Crippen LogP contribution in [0.1, 0.15) is 18.6 Å². The van der Waals surface area contributed by atoms with Crippen molar-refractivity contribution >= 4 is 35.0 Å². The molecule has 0 fully saturated rings.